The highest BCUT2D eigenvalue weighted by Crippen LogP contribution is 2.29. The minimum absolute atomic E-state index is 0.139. The number of nitro groups is 1. The number of ether oxygens (including phenoxy) is 6. The van der Waals surface area contributed by atoms with Gasteiger partial charge in [0.05, 0.1) is 24.1 Å². The van der Waals surface area contributed by atoms with Gasteiger partial charge in [-0.05, 0) is 31.9 Å². The first-order chi connectivity index (χ1) is 20.8. The van der Waals surface area contributed by atoms with E-state index >= 15 is 0 Å². The third-order valence-corrected chi connectivity index (χ3v) is 5.84. The van der Waals surface area contributed by atoms with Crippen LogP contribution >= 0.6 is 0 Å². The number of nitrogens with one attached hydrogen (secondary N) is 3. The largest absolute Gasteiger partial charge is 0.514 e. The van der Waals surface area contributed by atoms with E-state index in [0.29, 0.717) is 0 Å². The fraction of sp³-hybridized carbons (Fsp3) is 0.435. The van der Waals surface area contributed by atoms with Gasteiger partial charge in [0.25, 0.3) is 5.69 Å². The van der Waals surface area contributed by atoms with E-state index in [2.05, 4.69) is 20.8 Å². The number of rotatable bonds is 10. The number of amides is 1. The van der Waals surface area contributed by atoms with E-state index in [1.165, 1.54) is 26.6 Å². The molecular formula is C23H29B2N5O14. The molecule has 21 heteroatoms. The minimum Gasteiger partial charge on any atom is -0.477 e. The average Bonchev–Trinajstić information content (AvgIpc) is 3.37. The van der Waals surface area contributed by atoms with Crippen LogP contribution in [0, 0.1) is 10.1 Å². The summed E-state index contributed by atoms with van der Waals surface area (Å²) < 4.78 is 31.3. The van der Waals surface area contributed by atoms with Crippen molar-refractivity contribution in [2.75, 3.05) is 13.7 Å². The zero-order valence-electron chi connectivity index (χ0n) is 23.8. The average molecular weight is 621 g/mol. The Morgan fingerprint density at radius 2 is 1.84 bits per heavy atom. The van der Waals surface area contributed by atoms with E-state index in [1.54, 1.807) is 0 Å². The summed E-state index contributed by atoms with van der Waals surface area (Å²) >= 11 is 0. The maximum Gasteiger partial charge on any atom is 0.514 e. The van der Waals surface area contributed by atoms with Crippen molar-refractivity contribution >= 4 is 49.9 Å². The van der Waals surface area contributed by atoms with Gasteiger partial charge in [0, 0.05) is 19.1 Å². The summed E-state index contributed by atoms with van der Waals surface area (Å²) in [4.78, 5) is 63.9. The maximum absolute atomic E-state index is 12.9. The standard InChI is InChI=1S/C23H29B2N5O14/c1-11(31)26-17-14(27-21(28-24(2)35)29-25(3)36)9-15(20(32)39-4)42-19(17)18(16-10-40-22(33)43-16)44-23(34)41-13-7-5-12(6-8-13)30(37)38/h5-9,14,16-19,35-36H,10H2,1-4H3,(H,26,31)(H2,27,28,29)/t14-,16+,17+,18+,19+/m0/s1. The summed E-state index contributed by atoms with van der Waals surface area (Å²) in [5.41, 5.74) is -0.267. The Bertz CT molecular complexity index is 1310. The van der Waals surface area contributed by atoms with Gasteiger partial charge in [0.15, 0.2) is 24.3 Å². The Hall–Kier alpha value is -5.04. The van der Waals surface area contributed by atoms with Gasteiger partial charge in [0.2, 0.25) is 11.7 Å². The molecule has 2 aliphatic heterocycles. The van der Waals surface area contributed by atoms with Crippen LogP contribution in [-0.2, 0) is 33.3 Å². The number of nitrogens with zero attached hydrogens (tertiary/aromatic N) is 2. The fourth-order valence-electron chi connectivity index (χ4n) is 4.14. The number of carbonyl (C=O) groups is 4. The molecule has 2 aliphatic rings. The summed E-state index contributed by atoms with van der Waals surface area (Å²) in [6.07, 6.45) is -5.74. The van der Waals surface area contributed by atoms with Crippen LogP contribution in [0.4, 0.5) is 15.3 Å². The van der Waals surface area contributed by atoms with Gasteiger partial charge in [-0.1, -0.05) is 0 Å². The molecule has 0 saturated carbocycles. The molecule has 236 valence electrons. The van der Waals surface area contributed by atoms with E-state index in [1.807, 2.05) is 0 Å². The molecule has 1 saturated heterocycles. The van der Waals surface area contributed by atoms with Crippen LogP contribution in [0.2, 0.25) is 13.6 Å². The third kappa shape index (κ3) is 9.23. The van der Waals surface area contributed by atoms with Gasteiger partial charge in [-0.15, -0.1) is 0 Å². The van der Waals surface area contributed by atoms with E-state index < -0.39 is 86.0 Å². The predicted octanol–water partition coefficient (Wildman–Crippen LogP) is -0.901. The van der Waals surface area contributed by atoms with Gasteiger partial charge in [-0.2, -0.15) is 0 Å². The summed E-state index contributed by atoms with van der Waals surface area (Å²) in [6, 6.07) is 2.08. The first-order valence-corrected chi connectivity index (χ1v) is 12.9. The van der Waals surface area contributed by atoms with Crippen molar-refractivity contribution in [1.29, 1.82) is 0 Å². The normalized spacial score (nSPS) is 21.6. The second-order valence-electron chi connectivity index (χ2n) is 9.33. The zero-order valence-corrected chi connectivity index (χ0v) is 23.8. The number of carbonyl (C=O) groups excluding carboxylic acids is 4. The van der Waals surface area contributed by atoms with Crippen LogP contribution in [-0.4, -0.2) is 103 Å². The van der Waals surface area contributed by atoms with Crippen molar-refractivity contribution in [2.24, 2.45) is 4.90 Å². The van der Waals surface area contributed by atoms with Gasteiger partial charge in [-0.3, -0.25) is 19.8 Å². The molecule has 2 heterocycles. The number of benzene rings is 1. The molecule has 0 bridgehead atoms. The van der Waals surface area contributed by atoms with Crippen LogP contribution in [0.25, 0.3) is 0 Å². The second kappa shape index (κ2) is 14.9. The summed E-state index contributed by atoms with van der Waals surface area (Å²) in [5, 5.41) is 38.6. The highest BCUT2D eigenvalue weighted by Gasteiger charge is 2.50. The molecule has 0 aromatic heterocycles. The molecule has 19 nitrogen and oxygen atoms in total. The summed E-state index contributed by atoms with van der Waals surface area (Å²) in [7, 11) is -1.36. The van der Waals surface area contributed by atoms with Crippen molar-refractivity contribution in [3.05, 3.63) is 46.2 Å². The summed E-state index contributed by atoms with van der Waals surface area (Å²) in [6.45, 7) is 3.43. The van der Waals surface area contributed by atoms with Gasteiger partial charge >= 0.3 is 32.4 Å². The molecule has 0 aliphatic carbocycles. The first kappa shape index (κ1) is 33.5. The Morgan fingerprint density at radius 3 is 2.36 bits per heavy atom. The SMILES string of the molecule is COC(=O)C1=C[C@H](NC(=NB(C)O)NB(C)O)[C@@H](NC(C)=O)[C@H]([C@H](OC(=O)Oc2ccc([N+](=O)[O-])cc2)[C@H]2COC(=O)O2)O1. The first-order valence-electron chi connectivity index (χ1n) is 12.9. The lowest BCUT2D eigenvalue weighted by molar-refractivity contribution is -0.384. The Balaban J connectivity index is 2.02. The molecule has 0 spiro atoms. The lowest BCUT2D eigenvalue weighted by Crippen LogP contribution is -2.65. The molecule has 1 fully saturated rings. The molecular weight excluding hydrogens is 592 g/mol. The second-order valence-corrected chi connectivity index (χ2v) is 9.33. The van der Waals surface area contributed by atoms with Crippen LogP contribution in [0.3, 0.4) is 0 Å². The van der Waals surface area contributed by atoms with E-state index in [-0.39, 0.29) is 17.4 Å². The van der Waals surface area contributed by atoms with Gasteiger partial charge in [0.1, 0.15) is 12.4 Å². The lowest BCUT2D eigenvalue weighted by atomic mass is 9.87. The van der Waals surface area contributed by atoms with Crippen LogP contribution in [0.15, 0.2) is 41.0 Å². The molecule has 0 radical (unpaired) electrons. The smallest absolute Gasteiger partial charge is 0.477 e. The molecule has 5 atom stereocenters. The molecule has 5 N–H and O–H groups in total. The fourth-order valence-corrected chi connectivity index (χ4v) is 4.14. The quantitative estimate of drug-likeness (QED) is 0.0310. The van der Waals surface area contributed by atoms with E-state index in [0.717, 1.165) is 31.4 Å². The predicted molar refractivity (Wildman–Crippen MR) is 148 cm³/mol. The minimum atomic E-state index is -1.62. The van der Waals surface area contributed by atoms with Crippen molar-refractivity contribution in [3.63, 3.8) is 0 Å². The molecule has 0 unspecified atom stereocenters. The van der Waals surface area contributed by atoms with Crippen LogP contribution in [0.5, 0.6) is 5.75 Å². The highest BCUT2D eigenvalue weighted by molar-refractivity contribution is 6.52. The van der Waals surface area contributed by atoms with E-state index in [9.17, 15) is 39.3 Å². The van der Waals surface area contributed by atoms with Crippen molar-refractivity contribution < 1.29 is 62.6 Å². The number of cyclic esters (lactones) is 2. The Labute approximate surface area is 250 Å². The number of nitro benzene ring substituents is 1. The molecule has 1 amide bonds. The Kier molecular flexibility index (Phi) is 11.3. The molecule has 44 heavy (non-hydrogen) atoms. The number of methoxy groups -OCH3 is 1. The van der Waals surface area contributed by atoms with Crippen molar-refractivity contribution in [3.8, 4) is 5.75 Å². The third-order valence-electron chi connectivity index (χ3n) is 5.84. The van der Waals surface area contributed by atoms with Gasteiger partial charge < -0.3 is 54.3 Å². The van der Waals surface area contributed by atoms with Crippen molar-refractivity contribution in [2.45, 2.75) is 51.0 Å². The zero-order chi connectivity index (χ0) is 32.6. The number of non-ortho nitro benzene ring substituents is 1. The Morgan fingerprint density at radius 1 is 1.16 bits per heavy atom. The molecule has 1 aromatic carbocycles. The maximum atomic E-state index is 12.9. The monoisotopic (exact) mass is 621 g/mol. The lowest BCUT2D eigenvalue weighted by Gasteiger charge is -2.41. The molecule has 3 rings (SSSR count). The number of hydrogen-bond donors (Lipinski definition) is 5. The van der Waals surface area contributed by atoms with Crippen molar-refractivity contribution in [1.82, 2.24) is 15.9 Å². The summed E-state index contributed by atoms with van der Waals surface area (Å²) in [5.74, 6) is -2.31. The topological polar surface area (TPSA) is 256 Å². The number of hydrogen-bond acceptors (Lipinski definition) is 15. The van der Waals surface area contributed by atoms with E-state index in [4.69, 9.17) is 28.4 Å². The van der Waals surface area contributed by atoms with Crippen LogP contribution < -0.4 is 20.6 Å². The highest BCUT2D eigenvalue weighted by atomic mass is 16.8. The van der Waals surface area contributed by atoms with Gasteiger partial charge in [-0.25, -0.2) is 14.4 Å². The van der Waals surface area contributed by atoms with Crippen LogP contribution in [0.1, 0.15) is 6.92 Å². The molecule has 1 aromatic rings. The number of esters is 1. The number of guanidine groups is 1.